The number of carboxylic acids is 1. The van der Waals surface area contributed by atoms with Crippen molar-refractivity contribution < 1.29 is 14.7 Å². The molecule has 3 aromatic rings. The lowest BCUT2D eigenvalue weighted by molar-refractivity contribution is -0.115. The molecule has 1 N–H and O–H groups in total. The lowest BCUT2D eigenvalue weighted by Crippen LogP contribution is -2.28. The number of carbonyl (C=O) groups is 2. The number of thioether (sulfide) groups is 1. The fraction of sp³-hybridized carbons (Fsp3) is 0.136. The van der Waals surface area contributed by atoms with Gasteiger partial charge in [-0.15, -0.1) is 0 Å². The number of aryl methyl sites for hydroxylation is 2. The molecule has 0 radical (unpaired) electrons. The van der Waals surface area contributed by atoms with Crippen LogP contribution in [0.25, 0.3) is 0 Å². The van der Waals surface area contributed by atoms with E-state index in [2.05, 4.69) is 17.1 Å². The number of para-hydroxylation sites is 2. The van der Waals surface area contributed by atoms with Gasteiger partial charge in [0.25, 0.3) is 0 Å². The summed E-state index contributed by atoms with van der Waals surface area (Å²) >= 11 is 1.15. The molecule has 4 rings (SSSR count). The van der Waals surface area contributed by atoms with E-state index in [0.717, 1.165) is 47.1 Å². The minimum Gasteiger partial charge on any atom is -0.478 e. The number of benzene rings is 2. The minimum atomic E-state index is -1.05. The van der Waals surface area contributed by atoms with E-state index in [0.29, 0.717) is 5.03 Å². The van der Waals surface area contributed by atoms with Crippen LogP contribution >= 0.6 is 11.8 Å². The van der Waals surface area contributed by atoms with Crippen molar-refractivity contribution in [1.29, 1.82) is 0 Å². The summed E-state index contributed by atoms with van der Waals surface area (Å²) in [6.07, 6.45) is 3.27. The molecule has 2 aromatic carbocycles. The highest BCUT2D eigenvalue weighted by Gasteiger charge is 2.26. The summed E-state index contributed by atoms with van der Waals surface area (Å²) < 4.78 is 0. The van der Waals surface area contributed by atoms with Crippen LogP contribution in [0.3, 0.4) is 0 Å². The Morgan fingerprint density at radius 1 is 0.929 bits per heavy atom. The predicted octanol–water partition coefficient (Wildman–Crippen LogP) is 4.34. The first kappa shape index (κ1) is 18.3. The molecule has 0 saturated heterocycles. The third-order valence-corrected chi connectivity index (χ3v) is 5.70. The van der Waals surface area contributed by atoms with Crippen molar-refractivity contribution >= 4 is 35.0 Å². The highest BCUT2D eigenvalue weighted by molar-refractivity contribution is 8.00. The summed E-state index contributed by atoms with van der Waals surface area (Å²) in [6.45, 7) is 0. The highest BCUT2D eigenvalue weighted by atomic mass is 32.2. The van der Waals surface area contributed by atoms with Gasteiger partial charge in [0, 0.05) is 6.20 Å². The quantitative estimate of drug-likeness (QED) is 0.671. The first-order chi connectivity index (χ1) is 13.6. The topological polar surface area (TPSA) is 70.5 Å². The maximum Gasteiger partial charge on any atom is 0.338 e. The summed E-state index contributed by atoms with van der Waals surface area (Å²) in [5, 5.41) is 9.68. The molecule has 1 aliphatic rings. The van der Waals surface area contributed by atoms with Crippen molar-refractivity contribution in [3.05, 3.63) is 83.6 Å². The number of aromatic carboxylic acids is 1. The summed E-state index contributed by atoms with van der Waals surface area (Å²) in [5.74, 6) is -1.05. The Balaban J connectivity index is 1.67. The molecule has 140 valence electrons. The number of aromatic nitrogens is 1. The number of nitrogens with zero attached hydrogens (tertiary/aromatic N) is 2. The van der Waals surface area contributed by atoms with Gasteiger partial charge in [0.15, 0.2) is 0 Å². The summed E-state index contributed by atoms with van der Waals surface area (Å²) in [7, 11) is 0. The second-order valence-electron chi connectivity index (χ2n) is 6.44. The van der Waals surface area contributed by atoms with E-state index in [9.17, 15) is 14.7 Å². The fourth-order valence-corrected chi connectivity index (χ4v) is 4.25. The number of rotatable bonds is 4. The van der Waals surface area contributed by atoms with Gasteiger partial charge >= 0.3 is 5.97 Å². The number of hydrogen-bond acceptors (Lipinski definition) is 4. The monoisotopic (exact) mass is 390 g/mol. The average Bonchev–Trinajstić information content (AvgIpc) is 2.89. The zero-order valence-electron chi connectivity index (χ0n) is 15.0. The van der Waals surface area contributed by atoms with E-state index in [4.69, 9.17) is 0 Å². The Bertz CT molecular complexity index is 1000. The van der Waals surface area contributed by atoms with E-state index in [1.165, 1.54) is 12.3 Å². The van der Waals surface area contributed by atoms with Crippen LogP contribution in [0.4, 0.5) is 11.4 Å². The number of pyridine rings is 1. The fourth-order valence-electron chi connectivity index (χ4n) is 3.41. The van der Waals surface area contributed by atoms with Crippen LogP contribution in [0.1, 0.15) is 21.5 Å². The van der Waals surface area contributed by atoms with Crippen LogP contribution in [0, 0.1) is 0 Å². The number of amides is 1. The molecular formula is C22H18N2O3S. The first-order valence-corrected chi connectivity index (χ1v) is 9.93. The van der Waals surface area contributed by atoms with E-state index < -0.39 is 5.97 Å². The molecule has 0 fully saturated rings. The lowest BCUT2D eigenvalue weighted by Gasteiger charge is -2.25. The molecule has 0 bridgehead atoms. The van der Waals surface area contributed by atoms with Crippen molar-refractivity contribution in [3.8, 4) is 0 Å². The van der Waals surface area contributed by atoms with Gasteiger partial charge in [-0.05, 0) is 48.2 Å². The van der Waals surface area contributed by atoms with Crippen LogP contribution in [-0.4, -0.2) is 27.7 Å². The van der Waals surface area contributed by atoms with Crippen LogP contribution in [0.2, 0.25) is 0 Å². The Hall–Kier alpha value is -3.12. The second-order valence-corrected chi connectivity index (χ2v) is 7.40. The molecule has 0 saturated carbocycles. The van der Waals surface area contributed by atoms with Gasteiger partial charge in [-0.25, -0.2) is 9.78 Å². The smallest absolute Gasteiger partial charge is 0.338 e. The number of carboxylic acid groups (broad SMARTS) is 1. The summed E-state index contributed by atoms with van der Waals surface area (Å²) in [4.78, 5) is 30.5. The molecular weight excluding hydrogens is 372 g/mol. The Labute approximate surface area is 167 Å². The van der Waals surface area contributed by atoms with Crippen molar-refractivity contribution in [3.63, 3.8) is 0 Å². The van der Waals surface area contributed by atoms with E-state index >= 15 is 0 Å². The molecule has 1 aromatic heterocycles. The van der Waals surface area contributed by atoms with Crippen molar-refractivity contribution in [2.75, 3.05) is 10.7 Å². The zero-order valence-corrected chi connectivity index (χ0v) is 15.9. The summed E-state index contributed by atoms with van der Waals surface area (Å²) in [5.41, 5.74) is 4.13. The molecule has 5 nitrogen and oxygen atoms in total. The third-order valence-electron chi connectivity index (χ3n) is 4.71. The molecule has 1 amide bonds. The van der Waals surface area contributed by atoms with Gasteiger partial charge in [-0.1, -0.05) is 48.2 Å². The Morgan fingerprint density at radius 3 is 2.14 bits per heavy atom. The largest absolute Gasteiger partial charge is 0.478 e. The molecule has 0 unspecified atom stereocenters. The molecule has 2 heterocycles. The van der Waals surface area contributed by atoms with Crippen LogP contribution in [0.15, 0.2) is 71.9 Å². The number of fused-ring (bicyclic) bond motifs is 2. The third kappa shape index (κ3) is 3.51. The minimum absolute atomic E-state index is 0.0972. The van der Waals surface area contributed by atoms with Gasteiger partial charge in [-0.3, -0.25) is 9.69 Å². The maximum atomic E-state index is 13.3. The van der Waals surface area contributed by atoms with Gasteiger partial charge in [0.2, 0.25) is 5.91 Å². The second kappa shape index (κ2) is 7.86. The number of carbonyl (C=O) groups excluding carboxylic acids is 1. The van der Waals surface area contributed by atoms with Crippen molar-refractivity contribution in [1.82, 2.24) is 4.98 Å². The van der Waals surface area contributed by atoms with E-state index in [-0.39, 0.29) is 17.2 Å². The lowest BCUT2D eigenvalue weighted by atomic mass is 10.0. The SMILES string of the molecule is O=C(O)c1cccnc1SCC(=O)N1c2ccccc2CCc2ccccc21. The predicted molar refractivity (Wildman–Crippen MR) is 109 cm³/mol. The molecule has 6 heteroatoms. The van der Waals surface area contributed by atoms with Crippen LogP contribution in [0.5, 0.6) is 0 Å². The Morgan fingerprint density at radius 2 is 1.54 bits per heavy atom. The van der Waals surface area contributed by atoms with E-state index in [1.807, 2.05) is 36.4 Å². The average molecular weight is 390 g/mol. The number of hydrogen-bond donors (Lipinski definition) is 1. The normalized spacial score (nSPS) is 12.6. The van der Waals surface area contributed by atoms with Gasteiger partial charge in [0.05, 0.1) is 22.7 Å². The summed E-state index contributed by atoms with van der Waals surface area (Å²) in [6, 6.07) is 18.9. The standard InChI is InChI=1S/C22H18N2O3S/c25-20(14-28-21-17(22(26)27)8-5-13-23-21)24-18-9-3-1-6-15(18)11-12-16-7-2-4-10-19(16)24/h1-10,13H,11-12,14H2,(H,26,27). The first-order valence-electron chi connectivity index (χ1n) is 8.95. The highest BCUT2D eigenvalue weighted by Crippen LogP contribution is 2.36. The molecule has 28 heavy (non-hydrogen) atoms. The van der Waals surface area contributed by atoms with Gasteiger partial charge in [0.1, 0.15) is 5.03 Å². The maximum absolute atomic E-state index is 13.3. The van der Waals surface area contributed by atoms with Crippen LogP contribution in [-0.2, 0) is 17.6 Å². The molecule has 0 atom stereocenters. The number of anilines is 2. The molecule has 0 spiro atoms. The Kier molecular flexibility index (Phi) is 5.12. The van der Waals surface area contributed by atoms with Crippen molar-refractivity contribution in [2.45, 2.75) is 17.9 Å². The van der Waals surface area contributed by atoms with E-state index in [1.54, 1.807) is 11.0 Å². The molecule has 0 aliphatic carbocycles. The van der Waals surface area contributed by atoms with Gasteiger partial charge in [-0.2, -0.15) is 0 Å². The van der Waals surface area contributed by atoms with Crippen LogP contribution < -0.4 is 4.90 Å². The molecule has 1 aliphatic heterocycles. The van der Waals surface area contributed by atoms with Crippen molar-refractivity contribution in [2.24, 2.45) is 0 Å². The van der Waals surface area contributed by atoms with Gasteiger partial charge < -0.3 is 5.11 Å². The zero-order chi connectivity index (χ0) is 19.5.